The molecule has 0 N–H and O–H groups in total. The van der Waals surface area contributed by atoms with Crippen LogP contribution in [-0.2, 0) is 29.2 Å². The molecule has 6 nitrogen and oxygen atoms in total. The summed E-state index contributed by atoms with van der Waals surface area (Å²) in [4.78, 5) is 10.9. The highest BCUT2D eigenvalue weighted by molar-refractivity contribution is 8.09. The molecule has 0 aromatic rings. The lowest BCUT2D eigenvalue weighted by molar-refractivity contribution is -0.138. The van der Waals surface area contributed by atoms with Gasteiger partial charge in [0.2, 0.25) is 4.58 Å². The van der Waals surface area contributed by atoms with E-state index in [1.807, 2.05) is 0 Å². The van der Waals surface area contributed by atoms with Gasteiger partial charge in [0.05, 0.1) is 0 Å². The largest absolute Gasteiger partial charge is 0.498 e. The van der Waals surface area contributed by atoms with Crippen molar-refractivity contribution in [2.75, 3.05) is 6.61 Å². The van der Waals surface area contributed by atoms with Gasteiger partial charge in [0.15, 0.2) is 0 Å². The molecule has 0 bridgehead atoms. The number of hydrogen-bond donors (Lipinski definition) is 0. The normalized spacial score (nSPS) is 14.0. The first kappa shape index (κ1) is 20.7. The van der Waals surface area contributed by atoms with Gasteiger partial charge in [0.25, 0.3) is 19.7 Å². The Balaban J connectivity index is 5.96. The number of halogens is 6. The van der Waals surface area contributed by atoms with E-state index < -0.39 is 53.4 Å². The maximum absolute atomic E-state index is 12.3. The van der Waals surface area contributed by atoms with E-state index in [0.29, 0.717) is 0 Å². The van der Waals surface area contributed by atoms with Gasteiger partial charge in [-0.25, -0.2) is 21.6 Å². The predicted molar refractivity (Wildman–Crippen MR) is 59.5 cm³/mol. The number of rotatable bonds is 5. The first-order chi connectivity index (χ1) is 9.46. The van der Waals surface area contributed by atoms with Crippen LogP contribution in [0.4, 0.5) is 26.3 Å². The van der Waals surface area contributed by atoms with E-state index in [0.717, 1.165) is 6.92 Å². The molecule has 14 heteroatoms. The lowest BCUT2D eigenvalue weighted by Crippen LogP contribution is -2.47. The van der Waals surface area contributed by atoms with Crippen LogP contribution in [0.3, 0.4) is 0 Å². The van der Waals surface area contributed by atoms with E-state index in [2.05, 4.69) is 11.3 Å². The number of carbonyl (C=O) groups excluding carboxylic acids is 1. The van der Waals surface area contributed by atoms with Gasteiger partial charge >= 0.3 is 17.0 Å². The number of esters is 1. The minimum atomic E-state index is -6.82. The summed E-state index contributed by atoms with van der Waals surface area (Å²) >= 11 is 0. The Morgan fingerprint density at radius 2 is 1.32 bits per heavy atom. The third kappa shape index (κ3) is 4.12. The van der Waals surface area contributed by atoms with Crippen LogP contribution in [0.15, 0.2) is 12.2 Å². The van der Waals surface area contributed by atoms with E-state index in [1.165, 1.54) is 0 Å². The summed E-state index contributed by atoms with van der Waals surface area (Å²) in [6.45, 7) is 1.70. The average molecular weight is 378 g/mol. The van der Waals surface area contributed by atoms with Crippen molar-refractivity contribution < 1.29 is 52.7 Å². The van der Waals surface area contributed by atoms with Gasteiger partial charge in [-0.2, -0.15) is 26.3 Å². The molecule has 22 heavy (non-hydrogen) atoms. The fraction of sp³-hybridized carbons (Fsp3) is 0.625. The second-order valence-corrected chi connectivity index (χ2v) is 8.33. The van der Waals surface area contributed by atoms with Crippen LogP contribution in [0.25, 0.3) is 0 Å². The van der Waals surface area contributed by atoms with Crippen molar-refractivity contribution in [3.8, 4) is 0 Å². The highest BCUT2D eigenvalue weighted by atomic mass is 32.3. The topological polar surface area (TPSA) is 94.6 Å². The monoisotopic (exact) mass is 378 g/mol. The number of alkyl halides is 6. The van der Waals surface area contributed by atoms with Crippen LogP contribution in [0, 0.1) is 0 Å². The summed E-state index contributed by atoms with van der Waals surface area (Å²) in [5, 5.41) is 0. The molecular formula is C8H8F6O6S2. The number of hydrogen-bond acceptors (Lipinski definition) is 6. The van der Waals surface area contributed by atoms with E-state index in [-0.39, 0.29) is 0 Å². The van der Waals surface area contributed by atoms with Crippen LogP contribution in [0.5, 0.6) is 0 Å². The van der Waals surface area contributed by atoms with Crippen molar-refractivity contribution in [1.82, 2.24) is 0 Å². The molecule has 0 heterocycles. The third-order valence-corrected chi connectivity index (χ3v) is 6.50. The molecule has 0 unspecified atom stereocenters. The van der Waals surface area contributed by atoms with Crippen molar-refractivity contribution in [2.24, 2.45) is 0 Å². The zero-order valence-corrected chi connectivity index (χ0v) is 12.2. The van der Waals surface area contributed by atoms with Gasteiger partial charge in [0, 0.05) is 5.57 Å². The second kappa shape index (κ2) is 6.06. The molecule has 0 aliphatic heterocycles. The Kier molecular flexibility index (Phi) is 5.70. The first-order valence-electron chi connectivity index (χ1n) is 4.89. The Labute approximate surface area is 120 Å². The molecule has 0 fully saturated rings. The van der Waals surface area contributed by atoms with Crippen molar-refractivity contribution in [3.63, 3.8) is 0 Å². The summed E-state index contributed by atoms with van der Waals surface area (Å²) in [5.41, 5.74) is -13.1. The second-order valence-electron chi connectivity index (χ2n) is 3.79. The molecule has 0 aliphatic carbocycles. The summed E-state index contributed by atoms with van der Waals surface area (Å²) in [6, 6.07) is 0. The van der Waals surface area contributed by atoms with Crippen molar-refractivity contribution in [2.45, 2.75) is 22.5 Å². The highest BCUT2D eigenvalue weighted by Gasteiger charge is 2.63. The molecule has 0 atom stereocenters. The average Bonchev–Trinajstić information content (AvgIpc) is 2.24. The van der Waals surface area contributed by atoms with Gasteiger partial charge in [-0.3, -0.25) is 0 Å². The maximum Gasteiger partial charge on any atom is 0.498 e. The van der Waals surface area contributed by atoms with Crippen molar-refractivity contribution >= 4 is 25.6 Å². The van der Waals surface area contributed by atoms with Gasteiger partial charge < -0.3 is 4.74 Å². The standard InChI is InChI=1S/C8H8F6O6S2/c1-4(2)6(15)20-3-5(21(16,17)7(9,10)11)22(18,19)8(12,13)14/h5H,1,3H2,2H3. The van der Waals surface area contributed by atoms with Crippen LogP contribution >= 0.6 is 0 Å². The summed E-state index contributed by atoms with van der Waals surface area (Å²) < 4.78 is 118. The van der Waals surface area contributed by atoms with Crippen LogP contribution in [0.1, 0.15) is 6.92 Å². The molecule has 0 spiro atoms. The summed E-state index contributed by atoms with van der Waals surface area (Å²) in [5.74, 6) is -1.56. The van der Waals surface area contributed by atoms with E-state index >= 15 is 0 Å². The SMILES string of the molecule is C=C(C)C(=O)OCC(S(=O)(=O)C(F)(F)F)S(=O)(=O)C(F)(F)F. The number of sulfone groups is 2. The van der Waals surface area contributed by atoms with Gasteiger partial charge in [-0.15, -0.1) is 0 Å². The lowest BCUT2D eigenvalue weighted by atomic mass is 10.4. The summed E-state index contributed by atoms with van der Waals surface area (Å²) in [7, 11) is -13.6. The quantitative estimate of drug-likeness (QED) is 0.407. The third-order valence-electron chi connectivity index (χ3n) is 2.04. The fourth-order valence-electron chi connectivity index (χ4n) is 0.911. The number of carbonyl (C=O) groups is 1. The predicted octanol–water partition coefficient (Wildman–Crippen LogP) is 1.30. The molecule has 0 amide bonds. The zero-order valence-electron chi connectivity index (χ0n) is 10.5. The van der Waals surface area contributed by atoms with E-state index in [1.54, 1.807) is 0 Å². The van der Waals surface area contributed by atoms with Gasteiger partial charge in [-0.05, 0) is 6.92 Å². The number of ether oxygens (including phenoxy) is 1. The molecule has 0 saturated carbocycles. The molecular weight excluding hydrogens is 370 g/mol. The van der Waals surface area contributed by atoms with E-state index in [9.17, 15) is 48.0 Å². The van der Waals surface area contributed by atoms with Gasteiger partial charge in [-0.1, -0.05) is 6.58 Å². The molecule has 0 aromatic carbocycles. The van der Waals surface area contributed by atoms with Crippen molar-refractivity contribution in [3.05, 3.63) is 12.2 Å². The van der Waals surface area contributed by atoms with Crippen LogP contribution < -0.4 is 0 Å². The first-order valence-corrected chi connectivity index (χ1v) is 7.98. The Morgan fingerprint density at radius 1 is 1.00 bits per heavy atom. The minimum Gasteiger partial charge on any atom is -0.460 e. The van der Waals surface area contributed by atoms with E-state index in [4.69, 9.17) is 0 Å². The minimum absolute atomic E-state index is 0.493. The molecule has 0 saturated heterocycles. The molecule has 0 aromatic heterocycles. The maximum atomic E-state index is 12.3. The Bertz CT molecular complexity index is 612. The zero-order chi connectivity index (χ0) is 18.1. The van der Waals surface area contributed by atoms with Crippen molar-refractivity contribution in [1.29, 1.82) is 0 Å². The Hall–Kier alpha value is -1.31. The van der Waals surface area contributed by atoms with Crippen LogP contribution in [0.2, 0.25) is 0 Å². The molecule has 0 aliphatic rings. The Morgan fingerprint density at radius 3 is 1.55 bits per heavy atom. The fourth-order valence-corrected chi connectivity index (χ4v) is 3.99. The van der Waals surface area contributed by atoms with Gasteiger partial charge in [0.1, 0.15) is 6.61 Å². The molecule has 0 rings (SSSR count). The molecule has 0 radical (unpaired) electrons. The highest BCUT2D eigenvalue weighted by Crippen LogP contribution is 2.36. The summed E-state index contributed by atoms with van der Waals surface area (Å²) in [6.07, 6.45) is 0. The van der Waals surface area contributed by atoms with Crippen LogP contribution in [-0.4, -0.2) is 45.0 Å². The molecule has 130 valence electrons. The lowest BCUT2D eigenvalue weighted by Gasteiger charge is -2.20. The smallest absolute Gasteiger partial charge is 0.460 e.